The van der Waals surface area contributed by atoms with Crippen LogP contribution in [0, 0.1) is 0 Å². The van der Waals surface area contributed by atoms with E-state index < -0.39 is 16.0 Å². The first kappa shape index (κ1) is 10.1. The molecule has 0 saturated carbocycles. The lowest BCUT2D eigenvalue weighted by Crippen LogP contribution is -2.21. The first-order valence-electron chi connectivity index (χ1n) is 4.04. The fraction of sp³-hybridized carbons (Fsp3) is 0.300. The molecule has 0 aromatic heterocycles. The van der Waals surface area contributed by atoms with Gasteiger partial charge < -0.3 is 0 Å². The van der Waals surface area contributed by atoms with Crippen molar-refractivity contribution in [3.63, 3.8) is 0 Å². The third-order valence-corrected chi connectivity index (χ3v) is 3.14. The quantitative estimate of drug-likeness (QED) is 0.689. The summed E-state index contributed by atoms with van der Waals surface area (Å²) in [6.07, 6.45) is 1.55. The second-order valence-electron chi connectivity index (χ2n) is 2.87. The molecule has 0 bridgehead atoms. The van der Waals surface area contributed by atoms with Crippen molar-refractivity contribution in [2.45, 2.75) is 12.2 Å². The minimum atomic E-state index is -1.09. The van der Waals surface area contributed by atoms with Gasteiger partial charge in [0.25, 0.3) is 0 Å². The van der Waals surface area contributed by atoms with E-state index in [0.29, 0.717) is 5.56 Å². The Hall–Kier alpha value is -0.960. The Balaban J connectivity index is 2.86. The van der Waals surface area contributed by atoms with Gasteiger partial charge in [-0.2, -0.15) is 0 Å². The van der Waals surface area contributed by atoms with Crippen molar-refractivity contribution >= 4 is 16.6 Å². The monoisotopic (exact) mass is 196 g/mol. The van der Waals surface area contributed by atoms with Gasteiger partial charge in [-0.05, 0) is 6.92 Å². The summed E-state index contributed by atoms with van der Waals surface area (Å²) >= 11 is 0. The van der Waals surface area contributed by atoms with E-state index in [1.165, 1.54) is 0 Å². The third-order valence-electron chi connectivity index (χ3n) is 1.93. The van der Waals surface area contributed by atoms with E-state index in [4.69, 9.17) is 0 Å². The maximum Gasteiger partial charge on any atom is 0.178 e. The second kappa shape index (κ2) is 4.33. The van der Waals surface area contributed by atoms with E-state index in [-0.39, 0.29) is 5.78 Å². The lowest BCUT2D eigenvalue weighted by molar-refractivity contribution is 0.0993. The number of hydrogen-bond donors (Lipinski definition) is 0. The average molecular weight is 196 g/mol. The average Bonchev–Trinajstić information content (AvgIpc) is 2.17. The maximum absolute atomic E-state index is 11.6. The van der Waals surface area contributed by atoms with E-state index in [9.17, 15) is 9.00 Å². The molecule has 0 radical (unpaired) electrons. The molecule has 13 heavy (non-hydrogen) atoms. The predicted molar refractivity (Wildman–Crippen MR) is 54.3 cm³/mol. The van der Waals surface area contributed by atoms with Crippen LogP contribution in [-0.2, 0) is 10.8 Å². The molecular formula is C10H12O2S. The molecule has 0 aliphatic rings. The molecule has 1 rings (SSSR count). The molecule has 0 aliphatic heterocycles. The largest absolute Gasteiger partial charge is 0.293 e. The van der Waals surface area contributed by atoms with Crippen molar-refractivity contribution < 1.29 is 9.00 Å². The Morgan fingerprint density at radius 3 is 2.31 bits per heavy atom. The van der Waals surface area contributed by atoms with Crippen LogP contribution in [0.15, 0.2) is 30.3 Å². The topological polar surface area (TPSA) is 34.1 Å². The van der Waals surface area contributed by atoms with Crippen molar-refractivity contribution in [1.29, 1.82) is 0 Å². The normalized spacial score (nSPS) is 14.9. The van der Waals surface area contributed by atoms with Crippen LogP contribution in [0.3, 0.4) is 0 Å². The van der Waals surface area contributed by atoms with Crippen molar-refractivity contribution in [3.05, 3.63) is 35.9 Å². The highest BCUT2D eigenvalue weighted by molar-refractivity contribution is 7.85. The minimum absolute atomic E-state index is 0.0542. The molecule has 70 valence electrons. The molecule has 2 atom stereocenters. The molecule has 3 heteroatoms. The highest BCUT2D eigenvalue weighted by Gasteiger charge is 2.17. The third kappa shape index (κ3) is 2.49. The van der Waals surface area contributed by atoms with Gasteiger partial charge in [-0.15, -0.1) is 0 Å². The summed E-state index contributed by atoms with van der Waals surface area (Å²) in [5.41, 5.74) is 0.630. The number of carbonyl (C=O) groups is 1. The van der Waals surface area contributed by atoms with Crippen molar-refractivity contribution in [2.24, 2.45) is 0 Å². The number of Topliss-reactive ketones (excluding diaryl/α,β-unsaturated/α-hetero) is 1. The molecule has 0 amide bonds. The van der Waals surface area contributed by atoms with E-state index >= 15 is 0 Å². The molecule has 0 spiro atoms. The highest BCUT2D eigenvalue weighted by atomic mass is 32.2. The van der Waals surface area contributed by atoms with Crippen LogP contribution in [0.4, 0.5) is 0 Å². The van der Waals surface area contributed by atoms with Gasteiger partial charge in [-0.3, -0.25) is 9.00 Å². The Morgan fingerprint density at radius 1 is 1.31 bits per heavy atom. The fourth-order valence-electron chi connectivity index (χ4n) is 0.988. The van der Waals surface area contributed by atoms with Crippen molar-refractivity contribution in [2.75, 3.05) is 6.26 Å². The highest BCUT2D eigenvalue weighted by Crippen LogP contribution is 2.06. The summed E-state index contributed by atoms with van der Waals surface area (Å²) in [5.74, 6) is -0.0542. The van der Waals surface area contributed by atoms with Crippen molar-refractivity contribution in [1.82, 2.24) is 0 Å². The van der Waals surface area contributed by atoms with E-state index in [0.717, 1.165) is 0 Å². The van der Waals surface area contributed by atoms with Gasteiger partial charge in [-0.25, -0.2) is 0 Å². The molecule has 2 nitrogen and oxygen atoms in total. The first-order valence-corrected chi connectivity index (χ1v) is 5.66. The SMILES string of the molecule is CC(C(=O)c1ccccc1)S(C)=O. The first-order chi connectivity index (χ1) is 6.13. The van der Waals surface area contributed by atoms with E-state index in [1.807, 2.05) is 6.07 Å². The number of benzene rings is 1. The summed E-state index contributed by atoms with van der Waals surface area (Å²) in [5, 5.41) is -0.414. The van der Waals surface area contributed by atoms with Gasteiger partial charge >= 0.3 is 0 Å². The van der Waals surface area contributed by atoms with Crippen LogP contribution in [0.2, 0.25) is 0 Å². The zero-order chi connectivity index (χ0) is 9.84. The Morgan fingerprint density at radius 2 is 1.85 bits per heavy atom. The number of carbonyl (C=O) groups excluding carboxylic acids is 1. The summed E-state index contributed by atoms with van der Waals surface area (Å²) in [7, 11) is -1.09. The van der Waals surface area contributed by atoms with Crippen LogP contribution in [0.1, 0.15) is 17.3 Å². The number of ketones is 1. The van der Waals surface area contributed by atoms with Gasteiger partial charge in [0.2, 0.25) is 0 Å². The van der Waals surface area contributed by atoms with Crippen molar-refractivity contribution in [3.8, 4) is 0 Å². The molecule has 0 saturated heterocycles. The van der Waals surface area contributed by atoms with Gasteiger partial charge in [0.1, 0.15) is 0 Å². The standard InChI is InChI=1S/C10H12O2S/c1-8(13(2)12)10(11)9-6-4-3-5-7-9/h3-8H,1-2H3. The lowest BCUT2D eigenvalue weighted by Gasteiger charge is -2.06. The van der Waals surface area contributed by atoms with Crippen LogP contribution in [0.25, 0.3) is 0 Å². The van der Waals surface area contributed by atoms with Gasteiger partial charge in [0.15, 0.2) is 5.78 Å². The van der Waals surface area contributed by atoms with E-state index in [1.54, 1.807) is 37.4 Å². The molecule has 0 aliphatic carbocycles. The predicted octanol–water partition coefficient (Wildman–Crippen LogP) is 1.64. The zero-order valence-electron chi connectivity index (χ0n) is 7.69. The van der Waals surface area contributed by atoms with Crippen LogP contribution >= 0.6 is 0 Å². The second-order valence-corrected chi connectivity index (χ2v) is 4.58. The Kier molecular flexibility index (Phi) is 3.37. The molecule has 0 fully saturated rings. The summed E-state index contributed by atoms with van der Waals surface area (Å²) in [4.78, 5) is 11.6. The fourth-order valence-corrected chi connectivity index (χ4v) is 1.43. The van der Waals surface area contributed by atoms with Gasteiger partial charge in [0, 0.05) is 22.6 Å². The van der Waals surface area contributed by atoms with Crippen LogP contribution in [0.5, 0.6) is 0 Å². The molecule has 0 N–H and O–H groups in total. The molecule has 1 aromatic carbocycles. The summed E-state index contributed by atoms with van der Waals surface area (Å²) in [6.45, 7) is 1.69. The number of rotatable bonds is 3. The van der Waals surface area contributed by atoms with Gasteiger partial charge in [0.05, 0.1) is 5.25 Å². The summed E-state index contributed by atoms with van der Waals surface area (Å²) < 4.78 is 11.0. The minimum Gasteiger partial charge on any atom is -0.293 e. The van der Waals surface area contributed by atoms with E-state index in [2.05, 4.69) is 0 Å². The molecule has 2 unspecified atom stereocenters. The Labute approximate surface area is 80.4 Å². The lowest BCUT2D eigenvalue weighted by atomic mass is 10.1. The van der Waals surface area contributed by atoms with Crippen LogP contribution in [-0.4, -0.2) is 21.5 Å². The Bertz CT molecular complexity index is 319. The molecule has 0 heterocycles. The smallest absolute Gasteiger partial charge is 0.178 e. The van der Waals surface area contributed by atoms with Crippen LogP contribution < -0.4 is 0 Å². The molecular weight excluding hydrogens is 184 g/mol. The molecule has 1 aromatic rings. The zero-order valence-corrected chi connectivity index (χ0v) is 8.51. The maximum atomic E-state index is 11.6. The van der Waals surface area contributed by atoms with Gasteiger partial charge in [-0.1, -0.05) is 30.3 Å². The number of hydrogen-bond acceptors (Lipinski definition) is 2. The summed E-state index contributed by atoms with van der Waals surface area (Å²) in [6, 6.07) is 8.94.